The van der Waals surface area contributed by atoms with Crippen LogP contribution in [0.4, 0.5) is 0 Å². The zero-order valence-electron chi connectivity index (χ0n) is 21.5. The summed E-state index contributed by atoms with van der Waals surface area (Å²) < 4.78 is 0. The fourth-order valence-electron chi connectivity index (χ4n) is 5.37. The smallest absolute Gasteiger partial charge is 0.0251 e. The molecule has 188 valence electrons. The Morgan fingerprint density at radius 3 is 1.25 bits per heavy atom. The van der Waals surface area contributed by atoms with E-state index in [1.165, 1.54) is 62.1 Å². The van der Waals surface area contributed by atoms with Crippen molar-refractivity contribution in [1.29, 1.82) is 0 Å². The van der Waals surface area contributed by atoms with E-state index in [9.17, 15) is 0 Å². The Hall–Kier alpha value is -0.660. The quantitative estimate of drug-likeness (QED) is 0.246. The van der Waals surface area contributed by atoms with Crippen molar-refractivity contribution < 1.29 is 48.1 Å². The molecule has 4 saturated carbocycles. The third-order valence-corrected chi connectivity index (χ3v) is 7.75. The van der Waals surface area contributed by atoms with Gasteiger partial charge < -0.3 is 24.8 Å². The molecule has 4 aromatic carbocycles. The third kappa shape index (κ3) is 6.85. The minimum Gasteiger partial charge on any atom is -1.00 e. The molecule has 4 fully saturated rings. The second-order valence-corrected chi connectivity index (χ2v) is 20.7. The van der Waals surface area contributed by atoms with Gasteiger partial charge in [0.1, 0.15) is 0 Å². The van der Waals surface area contributed by atoms with Crippen LogP contribution in [0, 0.1) is 0 Å². The van der Waals surface area contributed by atoms with Gasteiger partial charge in [0.05, 0.1) is 0 Å². The first-order valence-corrected chi connectivity index (χ1v) is 19.7. The van der Waals surface area contributed by atoms with E-state index in [4.69, 9.17) is 0 Å². The van der Waals surface area contributed by atoms with E-state index < -0.39 is 0 Å². The van der Waals surface area contributed by atoms with E-state index in [0.717, 1.165) is 23.7 Å². The Morgan fingerprint density at radius 2 is 0.944 bits per heavy atom. The van der Waals surface area contributed by atoms with Gasteiger partial charge in [-0.05, 0) is 75.0 Å². The molecule has 0 amide bonds. The van der Waals surface area contributed by atoms with Crippen LogP contribution < -0.4 is 24.8 Å². The fourth-order valence-corrected chi connectivity index (χ4v) is 5.37. The van der Waals surface area contributed by atoms with Crippen molar-refractivity contribution in [2.45, 2.75) is 88.1 Å². The molecule has 0 N–H and O–H groups in total. The van der Waals surface area contributed by atoms with Crippen LogP contribution in [-0.4, -0.2) is 5.43 Å². The molecule has 4 heteroatoms. The van der Waals surface area contributed by atoms with Gasteiger partial charge in [0.15, 0.2) is 0 Å². The van der Waals surface area contributed by atoms with Crippen LogP contribution in [0.2, 0.25) is 13.1 Å². The second kappa shape index (κ2) is 12.0. The van der Waals surface area contributed by atoms with E-state index >= 15 is 0 Å². The van der Waals surface area contributed by atoms with Crippen molar-refractivity contribution in [3.05, 3.63) is 82.9 Å². The molecule has 0 saturated heterocycles. The summed E-state index contributed by atoms with van der Waals surface area (Å²) in [5.74, 6) is 3.54. The molecule has 36 heavy (non-hydrogen) atoms. The van der Waals surface area contributed by atoms with Crippen LogP contribution in [0.5, 0.6) is 0 Å². The molecular weight excluding hydrogens is 575 g/mol. The van der Waals surface area contributed by atoms with E-state index in [-0.39, 0.29) is 30.2 Å². The first kappa shape index (κ1) is 28.4. The Labute approximate surface area is 244 Å². The summed E-state index contributed by atoms with van der Waals surface area (Å²) in [6.45, 7) is 4.62. The van der Waals surface area contributed by atoms with Gasteiger partial charge in [-0.1, -0.05) is 23.3 Å². The summed E-state index contributed by atoms with van der Waals surface area (Å²) in [5.41, 5.74) is 6.62. The molecule has 8 rings (SSSR count). The first-order chi connectivity index (χ1) is 16.6. The zero-order chi connectivity index (χ0) is 23.2. The van der Waals surface area contributed by atoms with E-state index in [1.54, 1.807) is 56.4 Å². The van der Waals surface area contributed by atoms with Crippen molar-refractivity contribution in [3.8, 4) is 0 Å². The summed E-state index contributed by atoms with van der Waals surface area (Å²) in [4.78, 5) is 0. The van der Waals surface area contributed by atoms with Crippen LogP contribution in [0.1, 0.15) is 97.3 Å². The zero-order valence-corrected chi connectivity index (χ0v) is 26.5. The Balaban J connectivity index is 0.000000141. The monoisotopic (exact) mass is 608 g/mol. The molecule has 0 aliphatic heterocycles. The molecule has 0 bridgehead atoms. The largest absolute Gasteiger partial charge is 1.00 e. The molecule has 4 aromatic rings. The van der Waals surface area contributed by atoms with Crippen molar-refractivity contribution in [1.82, 2.24) is 0 Å². The predicted octanol–water partition coefficient (Wildman–Crippen LogP) is 3.42. The SMILES string of the molecule is C[Si](C)=[Zr+2].[Cl-].[Cl-].c1cc(C2CC2)c2cc(C3CC3)[cH-]c2c1.c1cc(C2CC2)c2cc(C3CC3)[cH-]c2c1. The Kier molecular flexibility index (Phi) is 9.47. The van der Waals surface area contributed by atoms with E-state index in [1.807, 2.05) is 0 Å². The van der Waals surface area contributed by atoms with E-state index in [0.29, 0.717) is 0 Å². The fraction of sp³-hybridized carbons (Fsp3) is 0.438. The molecule has 0 atom stereocenters. The van der Waals surface area contributed by atoms with Crippen molar-refractivity contribution >= 4 is 27.0 Å². The molecule has 0 radical (unpaired) electrons. The topological polar surface area (TPSA) is 0 Å². The van der Waals surface area contributed by atoms with Gasteiger partial charge in [-0.15, -0.1) is 69.1 Å². The number of hydrogen-bond donors (Lipinski definition) is 0. The van der Waals surface area contributed by atoms with Gasteiger partial charge in [0.25, 0.3) is 0 Å². The number of halogens is 2. The summed E-state index contributed by atoms with van der Waals surface area (Å²) in [7, 11) is 0. The second-order valence-electron chi connectivity index (χ2n) is 11.4. The molecule has 4 aliphatic rings. The van der Waals surface area contributed by atoms with Gasteiger partial charge in [-0.2, -0.15) is 12.1 Å². The van der Waals surface area contributed by atoms with Crippen LogP contribution >= 0.6 is 0 Å². The molecular formula is C32H36Cl2SiZr-2. The Morgan fingerprint density at radius 1 is 0.611 bits per heavy atom. The van der Waals surface area contributed by atoms with Crippen molar-refractivity contribution in [2.24, 2.45) is 0 Å². The normalized spacial score (nSPS) is 18.3. The van der Waals surface area contributed by atoms with Gasteiger partial charge >= 0.3 is 41.9 Å². The summed E-state index contributed by atoms with van der Waals surface area (Å²) in [6.07, 6.45) is 11.3. The summed E-state index contributed by atoms with van der Waals surface area (Å²) in [5, 5.41) is 6.03. The maximum atomic E-state index is 2.46. The van der Waals surface area contributed by atoms with Gasteiger partial charge in [0.2, 0.25) is 0 Å². The molecule has 0 spiro atoms. The molecule has 0 heterocycles. The number of rotatable bonds is 4. The maximum Gasteiger partial charge on any atom is -0.0251 e. The molecule has 0 aromatic heterocycles. The van der Waals surface area contributed by atoms with Gasteiger partial charge in [0, 0.05) is 0 Å². The predicted molar refractivity (Wildman–Crippen MR) is 144 cm³/mol. The first-order valence-electron chi connectivity index (χ1n) is 13.5. The van der Waals surface area contributed by atoms with E-state index in [2.05, 4.69) is 73.8 Å². The summed E-state index contributed by atoms with van der Waals surface area (Å²) in [6, 6.07) is 23.4. The standard InChI is InChI=1S/2C15H15.C2H6Si.2ClH.Zr/c2*1-2-12-8-13(10-4-5-10)9-15(12)14(3-1)11-6-7-11;1-3-2;;;/h2*1-3,8-11H,4-7H2;1-2H3;2*1H;/q2*-1;;;;+2/p-2. The molecule has 0 nitrogen and oxygen atoms in total. The van der Waals surface area contributed by atoms with Crippen molar-refractivity contribution in [2.75, 3.05) is 0 Å². The van der Waals surface area contributed by atoms with Gasteiger partial charge in [-0.3, -0.25) is 0 Å². The average Bonchev–Trinajstić information content (AvgIpc) is 3.66. The maximum absolute atomic E-state index is 2.46. The van der Waals surface area contributed by atoms with Gasteiger partial charge in [-0.25, -0.2) is 0 Å². The van der Waals surface area contributed by atoms with Crippen LogP contribution in [0.25, 0.3) is 21.5 Å². The number of fused-ring (bicyclic) bond motifs is 2. The number of benzene rings is 2. The average molecular weight is 611 g/mol. The Bertz CT molecular complexity index is 1230. The summed E-state index contributed by atoms with van der Waals surface area (Å²) >= 11 is 1.74. The number of hydrogen-bond acceptors (Lipinski definition) is 0. The van der Waals surface area contributed by atoms with Crippen LogP contribution in [0.15, 0.2) is 60.7 Å². The molecule has 4 aliphatic carbocycles. The van der Waals surface area contributed by atoms with Crippen LogP contribution in [-0.2, 0) is 23.3 Å². The molecule has 0 unspecified atom stereocenters. The minimum atomic E-state index is 0. The third-order valence-electron chi connectivity index (χ3n) is 7.75. The minimum absolute atomic E-state index is 0. The van der Waals surface area contributed by atoms with Crippen LogP contribution in [0.3, 0.4) is 0 Å². The van der Waals surface area contributed by atoms with Crippen molar-refractivity contribution in [3.63, 3.8) is 0 Å².